The Morgan fingerprint density at radius 1 is 1.09 bits per heavy atom. The lowest BCUT2D eigenvalue weighted by atomic mass is 9.95. The Morgan fingerprint density at radius 2 is 1.74 bits per heavy atom. The number of carbonyl (C=O) groups excluding carboxylic acids is 3. The molecule has 1 aliphatic rings. The predicted molar refractivity (Wildman–Crippen MR) is 145 cm³/mol. The fourth-order valence-corrected chi connectivity index (χ4v) is 6.04. The highest BCUT2D eigenvalue weighted by Gasteiger charge is 2.67. The van der Waals surface area contributed by atoms with Crippen molar-refractivity contribution in [1.29, 1.82) is 0 Å². The Hall–Kier alpha value is -1.15. The molecule has 0 spiro atoms. The number of alkyl halides is 2. The van der Waals surface area contributed by atoms with Gasteiger partial charge >= 0.3 is 5.97 Å². The fraction of sp³-hybridized carbons (Fsp3) is 0.375. The van der Waals surface area contributed by atoms with Crippen molar-refractivity contribution in [2.75, 3.05) is 24.4 Å². The number of hydrogen-bond donors (Lipinski definition) is 1. The van der Waals surface area contributed by atoms with Gasteiger partial charge in [-0.1, -0.05) is 34.8 Å². The molecule has 1 N–H and O–H groups in total. The molecule has 35 heavy (non-hydrogen) atoms. The minimum atomic E-state index is -1.34. The van der Waals surface area contributed by atoms with E-state index in [4.69, 9.17) is 62.7 Å². The predicted octanol–water partition coefficient (Wildman–Crippen LogP) is 7.29. The molecule has 5 nitrogen and oxygen atoms in total. The number of anilines is 1. The number of nitrogens with one attached hydrogen (secondary N) is 1. The third-order valence-electron chi connectivity index (χ3n) is 5.75. The van der Waals surface area contributed by atoms with Crippen molar-refractivity contribution < 1.29 is 19.1 Å². The Morgan fingerprint density at radius 3 is 2.34 bits per heavy atom. The van der Waals surface area contributed by atoms with Crippen LogP contribution in [0.25, 0.3) is 0 Å². The van der Waals surface area contributed by atoms with Crippen LogP contribution in [0.5, 0.6) is 0 Å². The number of amides is 1. The van der Waals surface area contributed by atoms with Gasteiger partial charge in [0, 0.05) is 33.6 Å². The lowest BCUT2D eigenvalue weighted by Gasteiger charge is -2.14. The van der Waals surface area contributed by atoms with E-state index in [1.54, 1.807) is 36.0 Å². The van der Waals surface area contributed by atoms with Crippen molar-refractivity contribution in [2.45, 2.75) is 23.1 Å². The second kappa shape index (κ2) is 11.9. The van der Waals surface area contributed by atoms with Crippen LogP contribution < -0.4 is 5.32 Å². The molecule has 2 aromatic carbocycles. The molecule has 1 aliphatic carbocycles. The number of ether oxygens (including phenoxy) is 1. The first-order chi connectivity index (χ1) is 16.5. The molecule has 1 saturated carbocycles. The number of ketones is 1. The van der Waals surface area contributed by atoms with Crippen LogP contribution in [0.15, 0.2) is 36.4 Å². The lowest BCUT2D eigenvalue weighted by Crippen LogP contribution is -2.21. The van der Waals surface area contributed by atoms with Gasteiger partial charge in [0.1, 0.15) is 4.33 Å². The number of rotatable bonds is 10. The summed E-state index contributed by atoms with van der Waals surface area (Å²) in [6.07, 6.45) is 2.36. The van der Waals surface area contributed by atoms with E-state index in [-0.39, 0.29) is 22.8 Å². The molecule has 1 fully saturated rings. The first kappa shape index (κ1) is 28.4. The summed E-state index contributed by atoms with van der Waals surface area (Å²) in [7, 11) is 1.29. The lowest BCUT2D eigenvalue weighted by molar-refractivity contribution is -0.145. The normalized spacial score (nSPS) is 19.1. The molecule has 0 bridgehead atoms. The Kier molecular flexibility index (Phi) is 9.69. The highest BCUT2D eigenvalue weighted by Crippen LogP contribution is 2.65. The molecule has 3 atom stereocenters. The van der Waals surface area contributed by atoms with E-state index in [9.17, 15) is 14.4 Å². The second-order valence-electron chi connectivity index (χ2n) is 8.15. The number of hydrogen-bond acceptors (Lipinski definition) is 5. The van der Waals surface area contributed by atoms with Crippen LogP contribution >= 0.6 is 69.8 Å². The summed E-state index contributed by atoms with van der Waals surface area (Å²) in [6, 6.07) is 9.46. The maximum absolute atomic E-state index is 13.0. The summed E-state index contributed by atoms with van der Waals surface area (Å²) in [5.41, 5.74) is 1.19. The van der Waals surface area contributed by atoms with Crippen molar-refractivity contribution >= 4 is 93.1 Å². The molecule has 0 radical (unpaired) electrons. The fourth-order valence-electron chi connectivity index (χ4n) is 3.92. The van der Waals surface area contributed by atoms with Gasteiger partial charge in [-0.05, 0) is 60.4 Å². The van der Waals surface area contributed by atoms with Crippen molar-refractivity contribution in [1.82, 2.24) is 0 Å². The Labute approximate surface area is 233 Å². The minimum Gasteiger partial charge on any atom is -0.469 e. The van der Waals surface area contributed by atoms with Crippen molar-refractivity contribution in [3.63, 3.8) is 0 Å². The SMILES string of the molecule is COC(=O)C(CCSC)CC(=O)c1cc(NC(=O)C2C(c3cc(Cl)cc(Cl)c3)C2(Cl)Cl)ccc1Cl. The summed E-state index contributed by atoms with van der Waals surface area (Å²) in [5, 5.41) is 3.78. The van der Waals surface area contributed by atoms with Gasteiger partial charge in [0.25, 0.3) is 0 Å². The zero-order valence-corrected chi connectivity index (χ0v) is 23.3. The highest BCUT2D eigenvalue weighted by atomic mass is 35.5. The van der Waals surface area contributed by atoms with Crippen molar-refractivity contribution in [3.8, 4) is 0 Å². The molecule has 0 heterocycles. The Bertz CT molecular complexity index is 1120. The van der Waals surface area contributed by atoms with Gasteiger partial charge < -0.3 is 10.1 Å². The summed E-state index contributed by atoms with van der Waals surface area (Å²) >= 11 is 32.8. The summed E-state index contributed by atoms with van der Waals surface area (Å²) in [5.74, 6) is -2.35. The highest BCUT2D eigenvalue weighted by molar-refractivity contribution is 7.98. The van der Waals surface area contributed by atoms with Crippen LogP contribution in [0.3, 0.4) is 0 Å². The molecule has 1 amide bonds. The smallest absolute Gasteiger partial charge is 0.309 e. The van der Waals surface area contributed by atoms with Crippen LogP contribution in [0.2, 0.25) is 15.1 Å². The molecule has 0 saturated heterocycles. The average molecular weight is 598 g/mol. The van der Waals surface area contributed by atoms with E-state index >= 15 is 0 Å². The van der Waals surface area contributed by atoms with E-state index in [1.165, 1.54) is 19.2 Å². The standard InChI is InChI=1S/C24H22Cl5NO4S/c1-34-23(33)12(5-6-35-2)9-19(31)17-11-16(3-4-18(17)27)30-22(32)21-20(24(21,28)29)13-7-14(25)10-15(26)8-13/h3-4,7-8,10-12,20-21H,5-6,9H2,1-2H3,(H,30,32). The third-order valence-corrected chi connectivity index (χ3v) is 8.10. The van der Waals surface area contributed by atoms with Gasteiger partial charge in [-0.3, -0.25) is 14.4 Å². The van der Waals surface area contributed by atoms with Crippen LogP contribution in [-0.2, 0) is 14.3 Å². The summed E-state index contributed by atoms with van der Waals surface area (Å²) in [4.78, 5) is 38.1. The van der Waals surface area contributed by atoms with Crippen LogP contribution in [0.1, 0.15) is 34.7 Å². The molecule has 188 valence electrons. The van der Waals surface area contributed by atoms with Crippen LogP contribution in [0, 0.1) is 11.8 Å². The average Bonchev–Trinajstić information content (AvgIpc) is 3.38. The topological polar surface area (TPSA) is 72.5 Å². The molecular formula is C24H22Cl5NO4S. The zero-order chi connectivity index (χ0) is 25.9. The third kappa shape index (κ3) is 6.79. The van der Waals surface area contributed by atoms with Crippen molar-refractivity contribution in [3.05, 3.63) is 62.6 Å². The van der Waals surface area contributed by atoms with Gasteiger partial charge in [0.2, 0.25) is 5.91 Å². The van der Waals surface area contributed by atoms with Gasteiger partial charge in [-0.25, -0.2) is 0 Å². The number of Topliss-reactive ketones (excluding diaryl/α,β-unsaturated/α-hetero) is 1. The maximum atomic E-state index is 13.0. The molecule has 11 heteroatoms. The van der Waals surface area contributed by atoms with Gasteiger partial charge in [0.15, 0.2) is 5.78 Å². The molecule has 3 unspecified atom stereocenters. The Balaban J connectivity index is 1.75. The number of halogens is 5. The first-order valence-electron chi connectivity index (χ1n) is 10.5. The van der Waals surface area contributed by atoms with Crippen LogP contribution in [-0.4, -0.2) is 41.1 Å². The molecule has 0 aliphatic heterocycles. The van der Waals surface area contributed by atoms with E-state index in [0.29, 0.717) is 33.5 Å². The monoisotopic (exact) mass is 595 g/mol. The molecular weight excluding hydrogens is 576 g/mol. The number of thioether (sulfide) groups is 1. The number of benzene rings is 2. The zero-order valence-electron chi connectivity index (χ0n) is 18.7. The summed E-state index contributed by atoms with van der Waals surface area (Å²) in [6.45, 7) is 0. The van der Waals surface area contributed by atoms with Gasteiger partial charge in [-0.15, -0.1) is 23.2 Å². The second-order valence-corrected chi connectivity index (χ2v) is 11.9. The first-order valence-corrected chi connectivity index (χ1v) is 13.8. The van der Waals surface area contributed by atoms with Gasteiger partial charge in [0.05, 0.1) is 24.0 Å². The number of methoxy groups -OCH3 is 1. The molecule has 3 rings (SSSR count). The van der Waals surface area contributed by atoms with E-state index in [2.05, 4.69) is 5.32 Å². The van der Waals surface area contributed by atoms with E-state index < -0.39 is 34.0 Å². The van der Waals surface area contributed by atoms with E-state index in [1.807, 2.05) is 6.26 Å². The largest absolute Gasteiger partial charge is 0.469 e. The van der Waals surface area contributed by atoms with Gasteiger partial charge in [-0.2, -0.15) is 11.8 Å². The minimum absolute atomic E-state index is 0.0585. The van der Waals surface area contributed by atoms with Crippen molar-refractivity contribution in [2.24, 2.45) is 11.8 Å². The molecule has 0 aromatic heterocycles. The molecule has 2 aromatic rings. The number of esters is 1. The van der Waals surface area contributed by atoms with E-state index in [0.717, 1.165) is 0 Å². The maximum Gasteiger partial charge on any atom is 0.309 e. The van der Waals surface area contributed by atoms with Crippen LogP contribution in [0.4, 0.5) is 5.69 Å². The quantitative estimate of drug-likeness (QED) is 0.177. The summed E-state index contributed by atoms with van der Waals surface area (Å²) < 4.78 is 3.50. The number of carbonyl (C=O) groups is 3.